The quantitative estimate of drug-likeness (QED) is 0.837. The summed E-state index contributed by atoms with van der Waals surface area (Å²) in [5.41, 5.74) is -1.09. The summed E-state index contributed by atoms with van der Waals surface area (Å²) in [5, 5.41) is 0. The van der Waals surface area contributed by atoms with Crippen LogP contribution in [0.15, 0.2) is 29.2 Å². The first-order valence-corrected chi connectivity index (χ1v) is 8.37. The van der Waals surface area contributed by atoms with Gasteiger partial charge in [-0.25, -0.2) is 12.7 Å². The van der Waals surface area contributed by atoms with E-state index in [1.807, 2.05) is 0 Å². The predicted molar refractivity (Wildman–Crippen MR) is 74.7 cm³/mol. The number of carbonyl (C=O) groups is 1. The number of rotatable bonds is 4. The number of carbonyl (C=O) groups excluding carboxylic acids is 1. The molecule has 1 unspecified atom stereocenters. The highest BCUT2D eigenvalue weighted by Gasteiger charge is 2.42. The average Bonchev–Trinajstić information content (AvgIpc) is 2.78. The molecule has 0 radical (unpaired) electrons. The molecule has 1 fully saturated rings. The summed E-state index contributed by atoms with van der Waals surface area (Å²) < 4.78 is 69.4. The van der Waals surface area contributed by atoms with E-state index in [-0.39, 0.29) is 18.9 Å². The smallest absolute Gasteiger partial charge is 0.355 e. The number of benzene rings is 1. The number of sulfonamides is 1. The van der Waals surface area contributed by atoms with Crippen LogP contribution in [0, 0.1) is 0 Å². The molecule has 1 aliphatic rings. The van der Waals surface area contributed by atoms with E-state index < -0.39 is 38.8 Å². The first-order valence-electron chi connectivity index (χ1n) is 6.93. The molecular weight excluding hydrogens is 335 g/mol. The topological polar surface area (TPSA) is 63.7 Å². The van der Waals surface area contributed by atoms with Gasteiger partial charge in [-0.3, -0.25) is 4.79 Å². The Labute approximate surface area is 132 Å². The third-order valence-electron chi connectivity index (χ3n) is 3.26. The lowest BCUT2D eigenvalue weighted by Gasteiger charge is -2.26. The Morgan fingerprint density at radius 3 is 2.52 bits per heavy atom. The van der Waals surface area contributed by atoms with Crippen LogP contribution < -0.4 is 0 Å². The van der Waals surface area contributed by atoms with Gasteiger partial charge in [-0.1, -0.05) is 6.07 Å². The maximum atomic E-state index is 12.8. The molecule has 1 heterocycles. The lowest BCUT2D eigenvalue weighted by atomic mass is 10.2. The summed E-state index contributed by atoms with van der Waals surface area (Å²) in [5.74, 6) is -0.687. The zero-order valence-electron chi connectivity index (χ0n) is 12.5. The summed E-state index contributed by atoms with van der Waals surface area (Å²) in [7, 11) is -4.41. The maximum Gasteiger partial charge on any atom is 0.416 e. The van der Waals surface area contributed by atoms with Crippen molar-refractivity contribution >= 4 is 15.9 Å². The van der Waals surface area contributed by atoms with Crippen LogP contribution in [0.1, 0.15) is 32.3 Å². The molecule has 0 N–H and O–H groups in total. The van der Waals surface area contributed by atoms with E-state index in [9.17, 15) is 26.4 Å². The lowest BCUT2D eigenvalue weighted by molar-refractivity contribution is -0.137. The van der Waals surface area contributed by atoms with Gasteiger partial charge in [0.1, 0.15) is 6.23 Å². The first-order chi connectivity index (χ1) is 10.5. The van der Waals surface area contributed by atoms with Crippen LogP contribution in [0.2, 0.25) is 0 Å². The minimum absolute atomic E-state index is 0.0322. The fourth-order valence-corrected chi connectivity index (χ4v) is 3.89. The predicted octanol–water partition coefficient (Wildman–Crippen LogP) is 2.77. The second-order valence-corrected chi connectivity index (χ2v) is 7.21. The summed E-state index contributed by atoms with van der Waals surface area (Å²) in [4.78, 5) is 11.3. The number of alkyl halides is 3. The van der Waals surface area contributed by atoms with Crippen molar-refractivity contribution in [3.05, 3.63) is 29.8 Å². The SMILES string of the molecule is CC(C)OC1CCC(=O)N1S(=O)(=O)c1cccc(C(F)(F)F)c1. The van der Waals surface area contributed by atoms with Gasteiger partial charge in [-0.2, -0.15) is 13.2 Å². The molecule has 0 spiro atoms. The molecule has 1 saturated heterocycles. The largest absolute Gasteiger partial charge is 0.416 e. The average molecular weight is 351 g/mol. The van der Waals surface area contributed by atoms with Gasteiger partial charge >= 0.3 is 6.18 Å². The molecule has 2 rings (SSSR count). The van der Waals surface area contributed by atoms with Crippen LogP contribution in [-0.2, 0) is 25.7 Å². The van der Waals surface area contributed by atoms with Gasteiger partial charge in [0.2, 0.25) is 5.91 Å². The van der Waals surface area contributed by atoms with Crippen LogP contribution in [0.25, 0.3) is 0 Å². The number of amides is 1. The van der Waals surface area contributed by atoms with Crippen molar-refractivity contribution in [3.8, 4) is 0 Å². The van der Waals surface area contributed by atoms with E-state index in [1.165, 1.54) is 0 Å². The summed E-state index contributed by atoms with van der Waals surface area (Å²) in [6.07, 6.45) is -5.86. The highest BCUT2D eigenvalue weighted by Crippen LogP contribution is 2.33. The molecule has 0 aliphatic carbocycles. The van der Waals surface area contributed by atoms with Crippen molar-refractivity contribution in [2.24, 2.45) is 0 Å². The molecule has 0 bridgehead atoms. The fourth-order valence-electron chi connectivity index (χ4n) is 2.31. The Balaban J connectivity index is 2.43. The van der Waals surface area contributed by atoms with Gasteiger partial charge in [0, 0.05) is 12.8 Å². The molecule has 9 heteroatoms. The summed E-state index contributed by atoms with van der Waals surface area (Å²) >= 11 is 0. The Bertz CT molecular complexity index is 700. The van der Waals surface area contributed by atoms with Gasteiger partial charge in [0.05, 0.1) is 16.6 Å². The van der Waals surface area contributed by atoms with Gasteiger partial charge in [0.25, 0.3) is 10.0 Å². The van der Waals surface area contributed by atoms with E-state index in [0.717, 1.165) is 18.2 Å². The molecular formula is C14H16F3NO4S. The number of hydrogen-bond donors (Lipinski definition) is 0. The second-order valence-electron chi connectivity index (χ2n) is 5.40. The van der Waals surface area contributed by atoms with Crippen LogP contribution in [0.4, 0.5) is 13.2 Å². The van der Waals surface area contributed by atoms with Gasteiger partial charge < -0.3 is 4.74 Å². The standard InChI is InChI=1S/C14H16F3NO4S/c1-9(2)22-13-7-6-12(19)18(13)23(20,21)11-5-3-4-10(8-11)14(15,16)17/h3-5,8-9,13H,6-7H2,1-2H3. The van der Waals surface area contributed by atoms with E-state index in [1.54, 1.807) is 13.8 Å². The third-order valence-corrected chi connectivity index (χ3v) is 5.07. The zero-order valence-corrected chi connectivity index (χ0v) is 13.3. The van der Waals surface area contributed by atoms with Crippen LogP contribution >= 0.6 is 0 Å². The van der Waals surface area contributed by atoms with Crippen molar-refractivity contribution in [2.75, 3.05) is 0 Å². The highest BCUT2D eigenvalue weighted by atomic mass is 32.2. The molecule has 1 aromatic carbocycles. The Morgan fingerprint density at radius 1 is 1.30 bits per heavy atom. The molecule has 0 saturated carbocycles. The van der Waals surface area contributed by atoms with Crippen LogP contribution in [-0.4, -0.2) is 31.0 Å². The summed E-state index contributed by atoms with van der Waals surface area (Å²) in [6.45, 7) is 3.36. The van der Waals surface area contributed by atoms with E-state index >= 15 is 0 Å². The minimum atomic E-state index is -4.67. The third kappa shape index (κ3) is 3.66. The van der Waals surface area contributed by atoms with Gasteiger partial charge in [0.15, 0.2) is 0 Å². The highest BCUT2D eigenvalue weighted by molar-refractivity contribution is 7.89. The van der Waals surface area contributed by atoms with Crippen molar-refractivity contribution in [3.63, 3.8) is 0 Å². The van der Waals surface area contributed by atoms with Crippen molar-refractivity contribution in [1.29, 1.82) is 0 Å². The fraction of sp³-hybridized carbons (Fsp3) is 0.500. The number of nitrogens with zero attached hydrogens (tertiary/aromatic N) is 1. The van der Waals surface area contributed by atoms with E-state index in [4.69, 9.17) is 4.74 Å². The molecule has 128 valence electrons. The molecule has 0 aromatic heterocycles. The molecule has 1 aliphatic heterocycles. The van der Waals surface area contributed by atoms with Crippen molar-refractivity contribution in [1.82, 2.24) is 4.31 Å². The normalized spacial score (nSPS) is 19.7. The Hall–Kier alpha value is -1.61. The lowest BCUT2D eigenvalue weighted by Crippen LogP contribution is -2.41. The van der Waals surface area contributed by atoms with Gasteiger partial charge in [-0.15, -0.1) is 0 Å². The molecule has 5 nitrogen and oxygen atoms in total. The van der Waals surface area contributed by atoms with E-state index in [0.29, 0.717) is 10.4 Å². The van der Waals surface area contributed by atoms with Crippen molar-refractivity contribution < 1.29 is 31.1 Å². The number of hydrogen-bond acceptors (Lipinski definition) is 4. The zero-order chi connectivity index (χ0) is 17.4. The van der Waals surface area contributed by atoms with Crippen LogP contribution in [0.3, 0.4) is 0 Å². The van der Waals surface area contributed by atoms with Crippen LogP contribution in [0.5, 0.6) is 0 Å². The molecule has 1 atom stereocenters. The minimum Gasteiger partial charge on any atom is -0.355 e. The second kappa shape index (κ2) is 6.12. The molecule has 1 aromatic rings. The number of halogens is 3. The monoisotopic (exact) mass is 351 g/mol. The Kier molecular flexibility index (Phi) is 4.72. The van der Waals surface area contributed by atoms with E-state index in [2.05, 4.69) is 0 Å². The molecule has 23 heavy (non-hydrogen) atoms. The number of ether oxygens (including phenoxy) is 1. The molecule has 1 amide bonds. The first kappa shape index (κ1) is 17.7. The maximum absolute atomic E-state index is 12.8. The Morgan fingerprint density at radius 2 is 1.96 bits per heavy atom. The summed E-state index contributed by atoms with van der Waals surface area (Å²) in [6, 6.07) is 3.32. The van der Waals surface area contributed by atoms with Crippen molar-refractivity contribution in [2.45, 2.75) is 50.1 Å². The van der Waals surface area contributed by atoms with Gasteiger partial charge in [-0.05, 0) is 32.0 Å².